The monoisotopic (exact) mass is 796 g/mol. The van der Waals surface area contributed by atoms with E-state index in [0.717, 1.165) is 51.4 Å². The second-order valence-electron chi connectivity index (χ2n) is 14.6. The lowest BCUT2D eigenvalue weighted by Gasteiger charge is -2.19. The zero-order valence-electron chi connectivity index (χ0n) is 35.2. The van der Waals surface area contributed by atoms with Crippen molar-refractivity contribution in [3.63, 3.8) is 0 Å². The van der Waals surface area contributed by atoms with Gasteiger partial charge in [-0.15, -0.1) is 0 Å². The van der Waals surface area contributed by atoms with E-state index >= 15 is 0 Å². The summed E-state index contributed by atoms with van der Waals surface area (Å²) in [5.41, 5.74) is 5.34. The fraction of sp³-hybridized carbons (Fsp3) is 0.778. The van der Waals surface area contributed by atoms with Crippen LogP contribution in [0.4, 0.5) is 0 Å². The van der Waals surface area contributed by atoms with E-state index in [1.165, 1.54) is 103 Å². The first-order valence-corrected chi connectivity index (χ1v) is 23.6. The SMILES string of the molecule is CCCCCCCC/C=C\C/C=C\C/C=C\CCCC(=O)O[C@H](COC(=O)CCCCCCCCC/C=C\CCCCCCCC)COP(=O)(O)OCCN. The molecule has 1 unspecified atom stereocenters. The summed E-state index contributed by atoms with van der Waals surface area (Å²) in [6, 6.07) is 0. The largest absolute Gasteiger partial charge is 0.472 e. The van der Waals surface area contributed by atoms with E-state index < -0.39 is 32.5 Å². The van der Waals surface area contributed by atoms with E-state index in [4.69, 9.17) is 24.3 Å². The average Bonchev–Trinajstić information content (AvgIpc) is 3.17. The molecule has 0 amide bonds. The molecule has 0 aromatic rings. The van der Waals surface area contributed by atoms with Crippen LogP contribution in [-0.4, -0.2) is 49.3 Å². The predicted octanol–water partition coefficient (Wildman–Crippen LogP) is 12.7. The molecule has 0 aliphatic rings. The molecule has 0 rings (SSSR count). The number of rotatable bonds is 41. The Kier molecular flexibility index (Phi) is 40.1. The quantitative estimate of drug-likeness (QED) is 0.0268. The summed E-state index contributed by atoms with van der Waals surface area (Å²) >= 11 is 0. The molecule has 0 aromatic heterocycles. The van der Waals surface area contributed by atoms with Crippen LogP contribution >= 0.6 is 7.82 Å². The van der Waals surface area contributed by atoms with Crippen LogP contribution in [0.15, 0.2) is 48.6 Å². The van der Waals surface area contributed by atoms with Crippen LogP contribution in [0.5, 0.6) is 0 Å². The van der Waals surface area contributed by atoms with Crippen molar-refractivity contribution < 1.29 is 37.6 Å². The molecular weight excluding hydrogens is 713 g/mol. The van der Waals surface area contributed by atoms with Gasteiger partial charge in [-0.1, -0.05) is 159 Å². The van der Waals surface area contributed by atoms with E-state index in [0.29, 0.717) is 12.8 Å². The zero-order valence-corrected chi connectivity index (χ0v) is 36.0. The Morgan fingerprint density at radius 1 is 0.545 bits per heavy atom. The van der Waals surface area contributed by atoms with Crippen LogP contribution < -0.4 is 5.73 Å². The molecule has 0 bridgehead atoms. The number of allylic oxidation sites excluding steroid dienone is 8. The van der Waals surface area contributed by atoms with Gasteiger partial charge in [0.25, 0.3) is 0 Å². The van der Waals surface area contributed by atoms with Crippen LogP contribution in [-0.2, 0) is 32.7 Å². The lowest BCUT2D eigenvalue weighted by molar-refractivity contribution is -0.161. The van der Waals surface area contributed by atoms with Crippen LogP contribution in [0.3, 0.4) is 0 Å². The minimum atomic E-state index is -4.39. The molecule has 0 saturated carbocycles. The first kappa shape index (κ1) is 53.0. The second kappa shape index (κ2) is 41.6. The molecule has 9 nitrogen and oxygen atoms in total. The van der Waals surface area contributed by atoms with Crippen LogP contribution in [0, 0.1) is 0 Å². The van der Waals surface area contributed by atoms with Gasteiger partial charge in [-0.2, -0.15) is 0 Å². The van der Waals surface area contributed by atoms with Gasteiger partial charge in [0.05, 0.1) is 13.2 Å². The Bertz CT molecular complexity index is 1040. The average molecular weight is 796 g/mol. The summed E-state index contributed by atoms with van der Waals surface area (Å²) in [7, 11) is -4.39. The molecule has 0 spiro atoms. The second-order valence-corrected chi connectivity index (χ2v) is 16.0. The first-order chi connectivity index (χ1) is 26.8. The smallest absolute Gasteiger partial charge is 0.462 e. The number of nitrogens with two attached hydrogens (primary N) is 1. The number of carbonyl (C=O) groups is 2. The first-order valence-electron chi connectivity index (χ1n) is 22.1. The lowest BCUT2D eigenvalue weighted by atomic mass is 10.1. The predicted molar refractivity (Wildman–Crippen MR) is 229 cm³/mol. The van der Waals surface area contributed by atoms with Crippen molar-refractivity contribution in [3.8, 4) is 0 Å². The minimum absolute atomic E-state index is 0.0440. The molecule has 0 fully saturated rings. The third-order valence-corrected chi connectivity index (χ3v) is 10.2. The van der Waals surface area contributed by atoms with Gasteiger partial charge in [-0.3, -0.25) is 18.6 Å². The molecule has 320 valence electrons. The summed E-state index contributed by atoms with van der Waals surface area (Å²) < 4.78 is 32.7. The van der Waals surface area contributed by atoms with Crippen LogP contribution in [0.1, 0.15) is 194 Å². The number of unbranched alkanes of at least 4 members (excludes halogenated alkanes) is 20. The highest BCUT2D eigenvalue weighted by molar-refractivity contribution is 7.47. The van der Waals surface area contributed by atoms with Crippen molar-refractivity contribution in [2.45, 2.75) is 200 Å². The molecule has 0 heterocycles. The van der Waals surface area contributed by atoms with Gasteiger partial charge in [-0.25, -0.2) is 4.57 Å². The Labute approximate surface area is 336 Å². The number of hydrogen-bond donors (Lipinski definition) is 2. The van der Waals surface area contributed by atoms with Gasteiger partial charge in [0.2, 0.25) is 0 Å². The zero-order chi connectivity index (χ0) is 40.3. The fourth-order valence-corrected chi connectivity index (χ4v) is 6.65. The number of phosphoric acid groups is 1. The highest BCUT2D eigenvalue weighted by atomic mass is 31.2. The molecule has 55 heavy (non-hydrogen) atoms. The number of esters is 2. The Morgan fingerprint density at radius 2 is 0.964 bits per heavy atom. The Hall–Kier alpha value is -2.03. The molecule has 0 aromatic carbocycles. The van der Waals surface area contributed by atoms with E-state index in [1.807, 2.05) is 6.08 Å². The van der Waals surface area contributed by atoms with E-state index in [9.17, 15) is 19.0 Å². The van der Waals surface area contributed by atoms with Crippen LogP contribution in [0.2, 0.25) is 0 Å². The van der Waals surface area contributed by atoms with Gasteiger partial charge in [-0.05, 0) is 70.6 Å². The van der Waals surface area contributed by atoms with Gasteiger partial charge >= 0.3 is 19.8 Å². The Morgan fingerprint density at radius 3 is 1.47 bits per heavy atom. The molecule has 0 radical (unpaired) electrons. The highest BCUT2D eigenvalue weighted by Gasteiger charge is 2.25. The van der Waals surface area contributed by atoms with Gasteiger partial charge in [0.15, 0.2) is 6.10 Å². The van der Waals surface area contributed by atoms with Crippen LogP contribution in [0.25, 0.3) is 0 Å². The fourth-order valence-electron chi connectivity index (χ4n) is 5.88. The normalized spacial score (nSPS) is 13.7. The molecule has 0 aliphatic carbocycles. The number of ether oxygens (including phenoxy) is 2. The third-order valence-electron chi connectivity index (χ3n) is 9.19. The van der Waals surface area contributed by atoms with Crippen molar-refractivity contribution in [1.82, 2.24) is 0 Å². The molecule has 0 saturated heterocycles. The standard InChI is InChI=1S/C45H82NO8P/c1-3-5-7-9-11-13-15-17-19-21-23-25-27-29-31-33-35-37-44(47)51-41-43(42-53-55(49,50)52-40-39-46)54-45(48)38-36-34-32-30-28-26-24-22-20-18-16-14-12-10-8-6-4-2/h17-20,24,26,30,32,43H,3-16,21-23,25,27-29,31,33-42,46H2,1-2H3,(H,49,50)/b19-17-,20-18-,26-24-,32-30-/t43-/m1/s1. The molecular formula is C45H82NO8P. The van der Waals surface area contributed by atoms with E-state index in [2.05, 4.69) is 56.4 Å². The van der Waals surface area contributed by atoms with Crippen molar-refractivity contribution >= 4 is 19.8 Å². The van der Waals surface area contributed by atoms with E-state index in [-0.39, 0.29) is 32.6 Å². The molecule has 2 atom stereocenters. The maximum Gasteiger partial charge on any atom is 0.472 e. The summed E-state index contributed by atoms with van der Waals surface area (Å²) in [6.07, 6.45) is 47.2. The summed E-state index contributed by atoms with van der Waals surface area (Å²) in [6.45, 7) is 3.66. The van der Waals surface area contributed by atoms with Crippen molar-refractivity contribution in [2.24, 2.45) is 5.73 Å². The van der Waals surface area contributed by atoms with Gasteiger partial charge in [0, 0.05) is 19.4 Å². The highest BCUT2D eigenvalue weighted by Crippen LogP contribution is 2.43. The maximum absolute atomic E-state index is 12.6. The Balaban J connectivity index is 4.23. The van der Waals surface area contributed by atoms with E-state index in [1.54, 1.807) is 0 Å². The summed E-state index contributed by atoms with van der Waals surface area (Å²) in [5.74, 6) is -0.894. The molecule has 0 aliphatic heterocycles. The summed E-state index contributed by atoms with van der Waals surface area (Å²) in [4.78, 5) is 34.8. The number of hydrogen-bond acceptors (Lipinski definition) is 8. The third kappa shape index (κ3) is 41.4. The maximum atomic E-state index is 12.6. The number of carbonyl (C=O) groups excluding carboxylic acids is 2. The van der Waals surface area contributed by atoms with Gasteiger partial charge < -0.3 is 20.1 Å². The topological polar surface area (TPSA) is 134 Å². The lowest BCUT2D eigenvalue weighted by Crippen LogP contribution is -2.29. The molecule has 3 N–H and O–H groups in total. The van der Waals surface area contributed by atoms with Gasteiger partial charge in [0.1, 0.15) is 6.61 Å². The van der Waals surface area contributed by atoms with Crippen molar-refractivity contribution in [3.05, 3.63) is 48.6 Å². The summed E-state index contributed by atoms with van der Waals surface area (Å²) in [5, 5.41) is 0. The van der Waals surface area contributed by atoms with Crippen molar-refractivity contribution in [1.29, 1.82) is 0 Å². The minimum Gasteiger partial charge on any atom is -0.462 e. The molecule has 10 heteroatoms. The number of phosphoric ester groups is 1. The van der Waals surface area contributed by atoms with Crippen molar-refractivity contribution in [2.75, 3.05) is 26.4 Å².